The van der Waals surface area contributed by atoms with Gasteiger partial charge < -0.3 is 4.90 Å². The third-order valence-electron chi connectivity index (χ3n) is 3.90. The number of rotatable bonds is 8. The first-order valence-electron chi connectivity index (χ1n) is 7.69. The lowest BCUT2D eigenvalue weighted by atomic mass is 10.4. The molecule has 0 radical (unpaired) electrons. The number of sulfonamides is 1. The molecule has 0 bridgehead atoms. The fourth-order valence-corrected chi connectivity index (χ4v) is 3.25. The van der Waals surface area contributed by atoms with Crippen LogP contribution >= 0.6 is 0 Å². The molecule has 8 heteroatoms. The van der Waals surface area contributed by atoms with Crippen LogP contribution in [0, 0.1) is 5.92 Å². The van der Waals surface area contributed by atoms with E-state index < -0.39 is 10.0 Å². The van der Waals surface area contributed by atoms with Crippen LogP contribution in [-0.4, -0.2) is 43.3 Å². The van der Waals surface area contributed by atoms with Gasteiger partial charge in [-0.25, -0.2) is 18.1 Å². The summed E-state index contributed by atoms with van der Waals surface area (Å²) in [6.07, 6.45) is 7.28. The van der Waals surface area contributed by atoms with Gasteiger partial charge in [0.1, 0.15) is 10.7 Å². The minimum absolute atomic E-state index is 0.211. The fourth-order valence-electron chi connectivity index (χ4n) is 2.19. The number of nitrogens with one attached hydrogen (secondary N) is 1. The largest absolute Gasteiger partial charge is 0.358 e. The Bertz CT molecular complexity index is 724. The zero-order valence-electron chi connectivity index (χ0n) is 13.1. The SMILES string of the molecule is CN(CCn1cccn1)c1ccc(S(=O)(=O)NCC2CC2)cn1. The Labute approximate surface area is 136 Å². The summed E-state index contributed by atoms with van der Waals surface area (Å²) in [6.45, 7) is 2.00. The van der Waals surface area contributed by atoms with Crippen LogP contribution in [0.2, 0.25) is 0 Å². The predicted octanol–water partition coefficient (Wildman–Crippen LogP) is 1.10. The minimum atomic E-state index is -3.45. The second-order valence-corrected chi connectivity index (χ2v) is 7.61. The molecule has 3 rings (SSSR count). The number of aromatic nitrogens is 3. The van der Waals surface area contributed by atoms with Gasteiger partial charge in [0.25, 0.3) is 0 Å². The van der Waals surface area contributed by atoms with Gasteiger partial charge in [0.05, 0.1) is 6.54 Å². The lowest BCUT2D eigenvalue weighted by Gasteiger charge is -2.18. The molecule has 2 aromatic rings. The predicted molar refractivity (Wildman–Crippen MR) is 87.6 cm³/mol. The molecule has 0 aliphatic heterocycles. The van der Waals surface area contributed by atoms with Crippen molar-refractivity contribution in [3.05, 3.63) is 36.8 Å². The van der Waals surface area contributed by atoms with Crippen LogP contribution in [0.4, 0.5) is 5.82 Å². The van der Waals surface area contributed by atoms with E-state index in [1.165, 1.54) is 6.20 Å². The van der Waals surface area contributed by atoms with Crippen LogP contribution in [0.3, 0.4) is 0 Å². The lowest BCUT2D eigenvalue weighted by molar-refractivity contribution is 0.577. The molecule has 1 aliphatic carbocycles. The maximum atomic E-state index is 12.2. The van der Waals surface area contributed by atoms with Crippen LogP contribution < -0.4 is 9.62 Å². The summed E-state index contributed by atoms with van der Waals surface area (Å²) < 4.78 is 28.8. The van der Waals surface area contributed by atoms with Gasteiger partial charge in [-0.2, -0.15) is 5.10 Å². The number of hydrogen-bond donors (Lipinski definition) is 1. The van der Waals surface area contributed by atoms with Crippen LogP contribution in [0.25, 0.3) is 0 Å². The molecule has 1 fully saturated rings. The molecule has 0 amide bonds. The van der Waals surface area contributed by atoms with Gasteiger partial charge >= 0.3 is 0 Å². The number of anilines is 1. The molecule has 1 aliphatic rings. The zero-order valence-corrected chi connectivity index (χ0v) is 13.9. The first kappa shape index (κ1) is 15.9. The molecule has 0 unspecified atom stereocenters. The van der Waals surface area contributed by atoms with Crippen molar-refractivity contribution in [2.75, 3.05) is 25.0 Å². The average Bonchev–Trinajstić information content (AvgIpc) is 3.25. The molecule has 0 spiro atoms. The highest BCUT2D eigenvalue weighted by Gasteiger charge is 2.24. The van der Waals surface area contributed by atoms with E-state index in [9.17, 15) is 8.42 Å². The summed E-state index contributed by atoms with van der Waals surface area (Å²) >= 11 is 0. The highest BCUT2D eigenvalue weighted by atomic mass is 32.2. The molecule has 2 heterocycles. The van der Waals surface area contributed by atoms with Gasteiger partial charge in [-0.05, 0) is 37.0 Å². The maximum absolute atomic E-state index is 12.2. The Hall–Kier alpha value is -1.93. The van der Waals surface area contributed by atoms with Crippen molar-refractivity contribution in [1.29, 1.82) is 0 Å². The number of pyridine rings is 1. The average molecular weight is 335 g/mol. The highest BCUT2D eigenvalue weighted by molar-refractivity contribution is 7.89. The van der Waals surface area contributed by atoms with Gasteiger partial charge in [-0.3, -0.25) is 4.68 Å². The Balaban J connectivity index is 1.59. The standard InChI is InChI=1S/C15H21N5O2S/c1-19(9-10-20-8-2-7-17-20)15-6-5-14(12-16-15)23(21,22)18-11-13-3-4-13/h2,5-8,12-13,18H,3-4,9-11H2,1H3. The smallest absolute Gasteiger partial charge is 0.242 e. The number of hydrogen-bond acceptors (Lipinski definition) is 5. The Morgan fingerprint density at radius 3 is 2.83 bits per heavy atom. The maximum Gasteiger partial charge on any atom is 0.242 e. The third-order valence-corrected chi connectivity index (χ3v) is 5.31. The molecule has 124 valence electrons. The van der Waals surface area contributed by atoms with E-state index in [1.54, 1.807) is 18.3 Å². The highest BCUT2D eigenvalue weighted by Crippen LogP contribution is 2.28. The molecule has 1 N–H and O–H groups in total. The number of likely N-dealkylation sites (N-methyl/N-ethyl adjacent to an activating group) is 1. The van der Waals surface area contributed by atoms with Gasteiger partial charge in [-0.15, -0.1) is 0 Å². The second-order valence-electron chi connectivity index (χ2n) is 5.84. The van der Waals surface area contributed by atoms with Crippen molar-refractivity contribution >= 4 is 15.8 Å². The van der Waals surface area contributed by atoms with Crippen LogP contribution in [0.5, 0.6) is 0 Å². The summed E-state index contributed by atoms with van der Waals surface area (Å²) in [5.74, 6) is 1.24. The van der Waals surface area contributed by atoms with E-state index in [4.69, 9.17) is 0 Å². The molecule has 23 heavy (non-hydrogen) atoms. The van der Waals surface area contributed by atoms with Crippen LogP contribution in [-0.2, 0) is 16.6 Å². The van der Waals surface area contributed by atoms with Gasteiger partial charge in [0.15, 0.2) is 0 Å². The Kier molecular flexibility index (Phi) is 4.63. The summed E-state index contributed by atoms with van der Waals surface area (Å²) in [7, 11) is -1.53. The molecular weight excluding hydrogens is 314 g/mol. The van der Waals surface area contributed by atoms with Crippen molar-refractivity contribution in [3.63, 3.8) is 0 Å². The molecule has 1 saturated carbocycles. The van der Waals surface area contributed by atoms with E-state index in [1.807, 2.05) is 28.9 Å². The van der Waals surface area contributed by atoms with E-state index in [0.29, 0.717) is 12.5 Å². The molecule has 0 aromatic carbocycles. The minimum Gasteiger partial charge on any atom is -0.358 e. The first-order chi connectivity index (χ1) is 11.0. The molecule has 0 saturated heterocycles. The number of nitrogens with zero attached hydrogens (tertiary/aromatic N) is 4. The Morgan fingerprint density at radius 2 is 2.22 bits per heavy atom. The van der Waals surface area contributed by atoms with Crippen molar-refractivity contribution in [2.45, 2.75) is 24.3 Å². The first-order valence-corrected chi connectivity index (χ1v) is 9.17. The molecule has 2 aromatic heterocycles. The van der Waals surface area contributed by atoms with Crippen molar-refractivity contribution in [1.82, 2.24) is 19.5 Å². The summed E-state index contributed by atoms with van der Waals surface area (Å²) in [5, 5.41) is 4.15. The van der Waals surface area contributed by atoms with Gasteiger partial charge in [0.2, 0.25) is 10.0 Å². The topological polar surface area (TPSA) is 80.1 Å². The third kappa shape index (κ3) is 4.29. The summed E-state index contributed by atoms with van der Waals surface area (Å²) in [6, 6.07) is 5.21. The second kappa shape index (κ2) is 6.67. The Morgan fingerprint density at radius 1 is 1.39 bits per heavy atom. The zero-order chi connectivity index (χ0) is 16.3. The van der Waals surface area contributed by atoms with Gasteiger partial charge in [0, 0.05) is 38.7 Å². The van der Waals surface area contributed by atoms with Crippen LogP contribution in [0.1, 0.15) is 12.8 Å². The summed E-state index contributed by atoms with van der Waals surface area (Å²) in [5.41, 5.74) is 0. The fraction of sp³-hybridized carbons (Fsp3) is 0.467. The van der Waals surface area contributed by atoms with E-state index in [2.05, 4.69) is 14.8 Å². The molecule has 0 atom stereocenters. The molecule has 7 nitrogen and oxygen atoms in total. The van der Waals surface area contributed by atoms with Crippen molar-refractivity contribution in [3.8, 4) is 0 Å². The van der Waals surface area contributed by atoms with Crippen LogP contribution in [0.15, 0.2) is 41.7 Å². The van der Waals surface area contributed by atoms with Crippen molar-refractivity contribution < 1.29 is 8.42 Å². The monoisotopic (exact) mass is 335 g/mol. The lowest BCUT2D eigenvalue weighted by Crippen LogP contribution is -2.26. The van der Waals surface area contributed by atoms with Gasteiger partial charge in [-0.1, -0.05) is 0 Å². The van der Waals surface area contributed by atoms with E-state index in [0.717, 1.165) is 31.7 Å². The summed E-state index contributed by atoms with van der Waals surface area (Å²) in [4.78, 5) is 6.44. The van der Waals surface area contributed by atoms with E-state index in [-0.39, 0.29) is 4.90 Å². The van der Waals surface area contributed by atoms with Crippen molar-refractivity contribution in [2.24, 2.45) is 5.92 Å². The van der Waals surface area contributed by atoms with E-state index >= 15 is 0 Å². The normalized spacial score (nSPS) is 14.8. The molecular formula is C15H21N5O2S. The quantitative estimate of drug-likeness (QED) is 0.781.